The van der Waals surface area contributed by atoms with Crippen LogP contribution in [-0.4, -0.2) is 15.0 Å². The van der Waals surface area contributed by atoms with Crippen LogP contribution >= 0.6 is 0 Å². The van der Waals surface area contributed by atoms with Gasteiger partial charge in [0.15, 0.2) is 0 Å². The fourth-order valence-electron chi connectivity index (χ4n) is 3.99. The molecule has 0 saturated carbocycles. The number of benzene rings is 2. The van der Waals surface area contributed by atoms with Crippen LogP contribution in [0.1, 0.15) is 50.8 Å². The maximum absolute atomic E-state index is 4.60. The molecule has 1 atom stereocenters. The fraction of sp³-hybridized carbons (Fsp3) is 0.364. The van der Waals surface area contributed by atoms with E-state index in [-0.39, 0.29) is 6.04 Å². The highest BCUT2D eigenvalue weighted by Crippen LogP contribution is 2.43. The molecule has 25 heavy (non-hydrogen) atoms. The van der Waals surface area contributed by atoms with E-state index >= 15 is 0 Å². The minimum Gasteiger partial charge on any atom is -0.242 e. The van der Waals surface area contributed by atoms with Crippen LogP contribution in [0.15, 0.2) is 48.5 Å². The predicted octanol–water partition coefficient (Wildman–Crippen LogP) is 5.49. The smallest absolute Gasteiger partial charge is 0.121 e. The minimum atomic E-state index is 0.272. The van der Waals surface area contributed by atoms with Crippen LogP contribution in [0.3, 0.4) is 0 Å². The lowest BCUT2D eigenvalue weighted by atomic mass is 9.77. The SMILES string of the molecule is CC(C)C1Cc2ccccc2-c2nnn(C(C)C)c2-c2ccccc21. The zero-order chi connectivity index (χ0) is 17.6. The third kappa shape index (κ3) is 2.58. The first kappa shape index (κ1) is 16.1. The molecule has 1 aromatic heterocycles. The molecule has 3 nitrogen and oxygen atoms in total. The zero-order valence-electron chi connectivity index (χ0n) is 15.4. The number of rotatable bonds is 2. The van der Waals surface area contributed by atoms with E-state index in [1.54, 1.807) is 0 Å². The molecular weight excluding hydrogens is 306 g/mol. The second-order valence-corrected chi connectivity index (χ2v) is 7.62. The molecule has 0 N–H and O–H groups in total. The van der Waals surface area contributed by atoms with E-state index in [1.165, 1.54) is 22.3 Å². The van der Waals surface area contributed by atoms with Crippen molar-refractivity contribution in [3.05, 3.63) is 59.7 Å². The Morgan fingerprint density at radius 2 is 1.60 bits per heavy atom. The van der Waals surface area contributed by atoms with E-state index in [4.69, 9.17) is 0 Å². The van der Waals surface area contributed by atoms with Gasteiger partial charge in [-0.1, -0.05) is 67.6 Å². The summed E-state index contributed by atoms with van der Waals surface area (Å²) < 4.78 is 2.08. The topological polar surface area (TPSA) is 30.7 Å². The van der Waals surface area contributed by atoms with Crippen molar-refractivity contribution in [2.45, 2.75) is 46.1 Å². The summed E-state index contributed by atoms with van der Waals surface area (Å²) in [5.74, 6) is 1.06. The standard InChI is InChI=1S/C22H25N3/c1-14(2)20-13-16-9-5-6-10-17(16)21-22(25(15(3)4)24-23-21)19-12-8-7-11-18(19)20/h5-12,14-15,20H,13H2,1-4H3. The molecule has 3 heteroatoms. The van der Waals surface area contributed by atoms with Crippen LogP contribution in [0.5, 0.6) is 0 Å². The second-order valence-electron chi connectivity index (χ2n) is 7.62. The molecule has 4 rings (SSSR count). The van der Waals surface area contributed by atoms with Crippen LogP contribution in [0.2, 0.25) is 0 Å². The van der Waals surface area contributed by atoms with Gasteiger partial charge in [0, 0.05) is 17.2 Å². The van der Waals surface area contributed by atoms with E-state index in [2.05, 4.69) is 91.2 Å². The Labute approximate surface area is 149 Å². The molecule has 0 saturated heterocycles. The Morgan fingerprint density at radius 3 is 2.32 bits per heavy atom. The van der Waals surface area contributed by atoms with Crippen LogP contribution in [0.25, 0.3) is 22.5 Å². The average molecular weight is 331 g/mol. The zero-order valence-corrected chi connectivity index (χ0v) is 15.4. The van der Waals surface area contributed by atoms with Gasteiger partial charge < -0.3 is 0 Å². The molecular formula is C22H25N3. The van der Waals surface area contributed by atoms with Gasteiger partial charge >= 0.3 is 0 Å². The first-order valence-electron chi connectivity index (χ1n) is 9.20. The Bertz CT molecular complexity index is 905. The number of fused-ring (bicyclic) bond motifs is 5. The van der Waals surface area contributed by atoms with E-state index in [1.807, 2.05) is 0 Å². The van der Waals surface area contributed by atoms with Crippen molar-refractivity contribution < 1.29 is 0 Å². The number of hydrogen-bond acceptors (Lipinski definition) is 2. The third-order valence-electron chi connectivity index (χ3n) is 5.32. The second kappa shape index (κ2) is 6.14. The summed E-state index contributed by atoms with van der Waals surface area (Å²) in [6.45, 7) is 8.99. The maximum Gasteiger partial charge on any atom is 0.121 e. The van der Waals surface area contributed by atoms with Crippen molar-refractivity contribution >= 4 is 0 Å². The van der Waals surface area contributed by atoms with Gasteiger partial charge in [-0.3, -0.25) is 0 Å². The lowest BCUT2D eigenvalue weighted by molar-refractivity contribution is 0.493. The molecule has 128 valence electrons. The highest BCUT2D eigenvalue weighted by atomic mass is 15.4. The molecule has 0 spiro atoms. The molecule has 0 radical (unpaired) electrons. The van der Waals surface area contributed by atoms with Gasteiger partial charge in [-0.15, -0.1) is 5.10 Å². The summed E-state index contributed by atoms with van der Waals surface area (Å²) in [6.07, 6.45) is 1.04. The van der Waals surface area contributed by atoms with Crippen LogP contribution in [0, 0.1) is 5.92 Å². The van der Waals surface area contributed by atoms with Crippen molar-refractivity contribution in [1.82, 2.24) is 15.0 Å². The molecule has 1 unspecified atom stereocenters. The van der Waals surface area contributed by atoms with E-state index in [9.17, 15) is 0 Å². The molecule has 0 bridgehead atoms. The Kier molecular flexibility index (Phi) is 3.95. The summed E-state index contributed by atoms with van der Waals surface area (Å²) in [5.41, 5.74) is 7.46. The monoisotopic (exact) mass is 331 g/mol. The first-order chi connectivity index (χ1) is 12.1. The van der Waals surface area contributed by atoms with Crippen molar-refractivity contribution in [2.75, 3.05) is 0 Å². The summed E-state index contributed by atoms with van der Waals surface area (Å²) in [4.78, 5) is 0. The summed E-state index contributed by atoms with van der Waals surface area (Å²) in [5, 5.41) is 9.12. The minimum absolute atomic E-state index is 0.272. The van der Waals surface area contributed by atoms with Gasteiger partial charge in [0.25, 0.3) is 0 Å². The molecule has 1 aliphatic rings. The van der Waals surface area contributed by atoms with Crippen LogP contribution < -0.4 is 0 Å². The molecule has 1 aliphatic carbocycles. The van der Waals surface area contributed by atoms with E-state index in [0.717, 1.165) is 17.8 Å². The van der Waals surface area contributed by atoms with Crippen molar-refractivity contribution in [3.8, 4) is 22.5 Å². The predicted molar refractivity (Wildman–Crippen MR) is 103 cm³/mol. The first-order valence-corrected chi connectivity index (χ1v) is 9.20. The van der Waals surface area contributed by atoms with Gasteiger partial charge in [0.1, 0.15) is 5.69 Å². The average Bonchev–Trinajstić information content (AvgIpc) is 3.03. The Hall–Kier alpha value is -2.42. The molecule has 0 fully saturated rings. The highest BCUT2D eigenvalue weighted by molar-refractivity contribution is 5.82. The molecule has 2 aromatic carbocycles. The molecule has 3 aromatic rings. The normalized spacial score (nSPS) is 16.2. The van der Waals surface area contributed by atoms with E-state index in [0.29, 0.717) is 11.8 Å². The molecule has 1 heterocycles. The Morgan fingerprint density at radius 1 is 0.920 bits per heavy atom. The Balaban J connectivity index is 2.09. The van der Waals surface area contributed by atoms with Gasteiger partial charge in [0.2, 0.25) is 0 Å². The third-order valence-corrected chi connectivity index (χ3v) is 5.32. The van der Waals surface area contributed by atoms with Gasteiger partial charge in [0.05, 0.1) is 5.69 Å². The van der Waals surface area contributed by atoms with E-state index < -0.39 is 0 Å². The number of hydrogen-bond donors (Lipinski definition) is 0. The molecule has 0 aliphatic heterocycles. The van der Waals surface area contributed by atoms with Gasteiger partial charge in [-0.05, 0) is 43.2 Å². The fourth-order valence-corrected chi connectivity index (χ4v) is 3.99. The van der Waals surface area contributed by atoms with Gasteiger partial charge in [-0.2, -0.15) is 0 Å². The maximum atomic E-state index is 4.60. The molecule has 0 amide bonds. The lowest BCUT2D eigenvalue weighted by Gasteiger charge is -2.28. The summed E-state index contributed by atoms with van der Waals surface area (Å²) in [7, 11) is 0. The van der Waals surface area contributed by atoms with Crippen LogP contribution in [0.4, 0.5) is 0 Å². The van der Waals surface area contributed by atoms with Gasteiger partial charge in [-0.25, -0.2) is 4.68 Å². The summed E-state index contributed by atoms with van der Waals surface area (Å²) in [6, 6.07) is 17.8. The lowest BCUT2D eigenvalue weighted by Crippen LogP contribution is -2.15. The number of nitrogens with zero attached hydrogens (tertiary/aromatic N) is 3. The number of aromatic nitrogens is 3. The highest BCUT2D eigenvalue weighted by Gasteiger charge is 2.29. The summed E-state index contributed by atoms with van der Waals surface area (Å²) >= 11 is 0. The van der Waals surface area contributed by atoms with Crippen molar-refractivity contribution in [3.63, 3.8) is 0 Å². The largest absolute Gasteiger partial charge is 0.242 e. The van der Waals surface area contributed by atoms with Crippen molar-refractivity contribution in [1.29, 1.82) is 0 Å². The quantitative estimate of drug-likeness (QED) is 0.622. The van der Waals surface area contributed by atoms with Crippen LogP contribution in [-0.2, 0) is 6.42 Å². The van der Waals surface area contributed by atoms with Crippen molar-refractivity contribution in [2.24, 2.45) is 5.92 Å².